The van der Waals surface area contributed by atoms with Crippen molar-refractivity contribution in [3.05, 3.63) is 0 Å². The molecule has 1 nitrogen and oxygen atoms in total. The van der Waals surface area contributed by atoms with Crippen LogP contribution in [0.1, 0.15) is 0 Å². The molecule has 0 saturated carbocycles. The van der Waals surface area contributed by atoms with E-state index in [1.165, 1.54) is 0 Å². The Bertz CT molecular complexity index is 90.3. The number of rotatable bonds is 2. The maximum atomic E-state index is 11.5. The lowest BCUT2D eigenvalue weighted by molar-refractivity contribution is -0.121. The van der Waals surface area contributed by atoms with Crippen LogP contribution in [0.2, 0.25) is 0 Å². The first-order chi connectivity index (χ1) is 3.85. The molecule has 2 atom stereocenters. The molecule has 0 aliphatic heterocycles. The van der Waals surface area contributed by atoms with Gasteiger partial charge in [-0.25, -0.2) is 13.2 Å². The minimum atomic E-state index is -3.96. The molecule has 0 rings (SSSR count). The fourth-order valence-corrected chi connectivity index (χ4v) is 0.247. The van der Waals surface area contributed by atoms with Crippen molar-refractivity contribution in [1.82, 2.24) is 0 Å². The van der Waals surface area contributed by atoms with Gasteiger partial charge >= 0.3 is 5.31 Å². The van der Waals surface area contributed by atoms with E-state index < -0.39 is 17.9 Å². The van der Waals surface area contributed by atoms with Gasteiger partial charge in [0.25, 0.3) is 6.43 Å². The monoisotopic (exact) mass is 166 g/mol. The third-order valence-electron chi connectivity index (χ3n) is 0.553. The zero-order chi connectivity index (χ0) is 7.65. The summed E-state index contributed by atoms with van der Waals surface area (Å²) < 4.78 is 45.2. The van der Waals surface area contributed by atoms with Crippen molar-refractivity contribution in [3.8, 4) is 0 Å². The first-order valence-electron chi connectivity index (χ1n) is 1.88. The Hall–Kier alpha value is -0.0300. The summed E-state index contributed by atoms with van der Waals surface area (Å²) >= 11 is 4.11. The van der Waals surface area contributed by atoms with Gasteiger partial charge < -0.3 is 5.11 Å². The summed E-state index contributed by atoms with van der Waals surface area (Å²) in [5.74, 6) is 0. The van der Waals surface area contributed by atoms with E-state index in [-0.39, 0.29) is 0 Å². The molecule has 1 N–H and O–H groups in total. The lowest BCUT2D eigenvalue weighted by atomic mass is 10.4. The highest BCUT2D eigenvalue weighted by Crippen LogP contribution is 2.25. The molecule has 56 valence electrons. The molecule has 0 radical (unpaired) electrons. The second-order valence-corrected chi connectivity index (χ2v) is 1.85. The SMILES string of the molecule is OC(F)(Cl)C(F)C(F)F. The van der Waals surface area contributed by atoms with E-state index in [9.17, 15) is 17.6 Å². The van der Waals surface area contributed by atoms with Crippen molar-refractivity contribution in [2.45, 2.75) is 17.9 Å². The molecule has 0 spiro atoms. The molecule has 0 amide bonds. The van der Waals surface area contributed by atoms with Crippen LogP contribution in [0.5, 0.6) is 0 Å². The van der Waals surface area contributed by atoms with Gasteiger partial charge in [-0.15, -0.1) is 0 Å². The lowest BCUT2D eigenvalue weighted by Gasteiger charge is -2.13. The predicted molar refractivity (Wildman–Crippen MR) is 22.8 cm³/mol. The van der Waals surface area contributed by atoms with Crippen LogP contribution in [0.4, 0.5) is 17.6 Å². The molecule has 0 aromatic heterocycles. The van der Waals surface area contributed by atoms with Crippen LogP contribution >= 0.6 is 11.6 Å². The van der Waals surface area contributed by atoms with Gasteiger partial charge in [-0.3, -0.25) is 0 Å². The highest BCUT2D eigenvalue weighted by molar-refractivity contribution is 6.22. The van der Waals surface area contributed by atoms with Gasteiger partial charge in [0.15, 0.2) is 0 Å². The number of hydrogen-bond donors (Lipinski definition) is 1. The van der Waals surface area contributed by atoms with Crippen molar-refractivity contribution in [2.75, 3.05) is 0 Å². The van der Waals surface area contributed by atoms with Gasteiger partial charge in [0.05, 0.1) is 0 Å². The van der Waals surface area contributed by atoms with Gasteiger partial charge in [0, 0.05) is 0 Å². The van der Waals surface area contributed by atoms with Crippen LogP contribution in [-0.4, -0.2) is 23.0 Å². The van der Waals surface area contributed by atoms with Crippen LogP contribution < -0.4 is 0 Å². The molecule has 0 aliphatic carbocycles. The summed E-state index contributed by atoms with van der Waals surface area (Å²) in [7, 11) is 0. The van der Waals surface area contributed by atoms with Crippen LogP contribution in [-0.2, 0) is 0 Å². The fourth-order valence-electron chi connectivity index (χ4n) is 0.152. The molecule has 0 fully saturated rings. The Kier molecular flexibility index (Phi) is 2.69. The maximum Gasteiger partial charge on any atom is 0.321 e. The summed E-state index contributed by atoms with van der Waals surface area (Å²) in [5.41, 5.74) is 0. The van der Waals surface area contributed by atoms with Crippen molar-refractivity contribution in [3.63, 3.8) is 0 Å². The van der Waals surface area contributed by atoms with Gasteiger partial charge in [-0.2, -0.15) is 4.39 Å². The smallest absolute Gasteiger partial charge is 0.321 e. The summed E-state index contributed by atoms with van der Waals surface area (Å²) in [6.07, 6.45) is -6.98. The molecule has 9 heavy (non-hydrogen) atoms. The standard InChI is InChI=1S/C3H3ClF4O/c4-3(8,9)1(5)2(6)7/h1-2,9H. The first kappa shape index (κ1) is 8.97. The topological polar surface area (TPSA) is 20.2 Å². The van der Waals surface area contributed by atoms with Gasteiger partial charge in [0.1, 0.15) is 0 Å². The van der Waals surface area contributed by atoms with Gasteiger partial charge in [-0.1, -0.05) is 0 Å². The van der Waals surface area contributed by atoms with E-state index in [0.717, 1.165) is 0 Å². The molecule has 6 heteroatoms. The first-order valence-corrected chi connectivity index (χ1v) is 2.26. The summed E-state index contributed by atoms with van der Waals surface area (Å²) in [4.78, 5) is 0. The predicted octanol–water partition coefficient (Wildman–Crippen LogP) is 1.44. The van der Waals surface area contributed by atoms with E-state index in [4.69, 9.17) is 5.11 Å². The molecule has 2 unspecified atom stereocenters. The number of hydrogen-bond acceptors (Lipinski definition) is 1. The molecule has 0 aromatic carbocycles. The summed E-state index contributed by atoms with van der Waals surface area (Å²) in [6, 6.07) is 0. The third kappa shape index (κ3) is 2.86. The van der Waals surface area contributed by atoms with E-state index in [2.05, 4.69) is 11.6 Å². The second-order valence-electron chi connectivity index (χ2n) is 1.32. The van der Waals surface area contributed by atoms with Crippen LogP contribution in [0.15, 0.2) is 0 Å². The molecule has 0 aromatic rings. The number of halogens is 5. The van der Waals surface area contributed by atoms with Crippen LogP contribution in [0.3, 0.4) is 0 Å². The Balaban J connectivity index is 3.88. The zero-order valence-corrected chi connectivity index (χ0v) is 4.75. The van der Waals surface area contributed by atoms with Gasteiger partial charge in [-0.05, 0) is 11.6 Å². The van der Waals surface area contributed by atoms with Crippen molar-refractivity contribution >= 4 is 11.6 Å². The molecule has 0 bridgehead atoms. The zero-order valence-electron chi connectivity index (χ0n) is 3.99. The Labute approximate surface area is 53.2 Å². The highest BCUT2D eigenvalue weighted by atomic mass is 35.5. The summed E-state index contributed by atoms with van der Waals surface area (Å²) in [5, 5.41) is 3.74. The van der Waals surface area contributed by atoms with Crippen LogP contribution in [0, 0.1) is 0 Å². The summed E-state index contributed by atoms with van der Waals surface area (Å²) in [6.45, 7) is 0. The average Bonchev–Trinajstić information content (AvgIpc) is 1.62. The van der Waals surface area contributed by atoms with E-state index in [1.807, 2.05) is 0 Å². The molecule has 0 heterocycles. The fraction of sp³-hybridized carbons (Fsp3) is 1.00. The molecule has 0 saturated heterocycles. The number of alkyl halides is 5. The van der Waals surface area contributed by atoms with Crippen LogP contribution in [0.25, 0.3) is 0 Å². The second kappa shape index (κ2) is 2.70. The minimum absolute atomic E-state index is 3.36. The number of aliphatic hydroxyl groups is 1. The van der Waals surface area contributed by atoms with Crippen molar-refractivity contribution in [1.29, 1.82) is 0 Å². The Morgan fingerprint density at radius 2 is 1.67 bits per heavy atom. The third-order valence-corrected chi connectivity index (χ3v) is 0.761. The highest BCUT2D eigenvalue weighted by Gasteiger charge is 2.41. The van der Waals surface area contributed by atoms with Crippen molar-refractivity contribution < 1.29 is 22.7 Å². The maximum absolute atomic E-state index is 11.5. The van der Waals surface area contributed by atoms with E-state index >= 15 is 0 Å². The normalized spacial score (nSPS) is 21.7. The van der Waals surface area contributed by atoms with Gasteiger partial charge in [0.2, 0.25) is 6.17 Å². The molecular weight excluding hydrogens is 163 g/mol. The molecule has 0 aliphatic rings. The quantitative estimate of drug-likeness (QED) is 0.486. The minimum Gasteiger partial charge on any atom is -0.347 e. The largest absolute Gasteiger partial charge is 0.347 e. The van der Waals surface area contributed by atoms with Crippen molar-refractivity contribution in [2.24, 2.45) is 0 Å². The van der Waals surface area contributed by atoms with E-state index in [1.54, 1.807) is 0 Å². The van der Waals surface area contributed by atoms with E-state index in [0.29, 0.717) is 0 Å². The Morgan fingerprint density at radius 1 is 1.33 bits per heavy atom. The average molecular weight is 167 g/mol. The lowest BCUT2D eigenvalue weighted by Crippen LogP contribution is -2.33. The Morgan fingerprint density at radius 3 is 1.67 bits per heavy atom. The molecular formula is C3H3ClF4O.